The molecule has 1 heterocycles. The van der Waals surface area contributed by atoms with Crippen LogP contribution in [-0.2, 0) is 25.5 Å². The average molecular weight is 334 g/mol. The van der Waals surface area contributed by atoms with E-state index in [4.69, 9.17) is 9.47 Å². The van der Waals surface area contributed by atoms with Gasteiger partial charge in [-0.2, -0.15) is 0 Å². The minimum absolute atomic E-state index is 0.164. The molecule has 1 aromatic rings. The first-order valence-electron chi connectivity index (χ1n) is 8.32. The first-order chi connectivity index (χ1) is 11.7. The monoisotopic (exact) mass is 334 g/mol. The Morgan fingerprint density at radius 2 is 2.00 bits per heavy atom. The van der Waals surface area contributed by atoms with Crippen LogP contribution in [0.1, 0.15) is 18.4 Å². The Labute approximate surface area is 143 Å². The number of hydrogen-bond donors (Lipinski definition) is 1. The third-order valence-electron chi connectivity index (χ3n) is 4.40. The fourth-order valence-electron chi connectivity index (χ4n) is 3.11. The topological polar surface area (TPSA) is 67.9 Å². The standard InChI is InChI=1S/C18H26N2O4/c1-23-17(21)15(13-14-7-4-3-5-8-14)19-10-12-20-11-6-9-16(20)18(22)24-2/h3-5,7-8,15-16,19H,6,9-13H2,1-2H3/t15-,16-/m0/s1. The maximum Gasteiger partial charge on any atom is 0.323 e. The summed E-state index contributed by atoms with van der Waals surface area (Å²) in [4.78, 5) is 25.9. The van der Waals surface area contributed by atoms with Crippen LogP contribution < -0.4 is 5.32 Å². The average Bonchev–Trinajstić information content (AvgIpc) is 3.09. The zero-order chi connectivity index (χ0) is 17.4. The summed E-state index contributed by atoms with van der Waals surface area (Å²) in [6.45, 7) is 2.19. The maximum absolute atomic E-state index is 12.0. The van der Waals surface area contributed by atoms with Gasteiger partial charge < -0.3 is 14.8 Å². The highest BCUT2D eigenvalue weighted by molar-refractivity contribution is 5.76. The summed E-state index contributed by atoms with van der Waals surface area (Å²) in [5.41, 5.74) is 1.08. The number of methoxy groups -OCH3 is 2. The lowest BCUT2D eigenvalue weighted by molar-refractivity contribution is -0.146. The van der Waals surface area contributed by atoms with Crippen molar-refractivity contribution in [3.8, 4) is 0 Å². The van der Waals surface area contributed by atoms with E-state index in [9.17, 15) is 9.59 Å². The highest BCUT2D eigenvalue weighted by Gasteiger charge is 2.31. The number of nitrogens with zero attached hydrogens (tertiary/aromatic N) is 1. The summed E-state index contributed by atoms with van der Waals surface area (Å²) in [5.74, 6) is -0.453. The summed E-state index contributed by atoms with van der Waals surface area (Å²) in [6, 6.07) is 9.28. The van der Waals surface area contributed by atoms with E-state index in [-0.39, 0.29) is 18.0 Å². The van der Waals surface area contributed by atoms with Crippen LogP contribution in [-0.4, -0.2) is 62.8 Å². The second-order valence-electron chi connectivity index (χ2n) is 5.94. The predicted molar refractivity (Wildman–Crippen MR) is 90.6 cm³/mol. The number of ether oxygens (including phenoxy) is 2. The predicted octanol–water partition coefficient (Wildman–Crippen LogP) is 0.998. The fraction of sp³-hybridized carbons (Fsp3) is 0.556. The highest BCUT2D eigenvalue weighted by Crippen LogP contribution is 2.17. The van der Waals surface area contributed by atoms with Crippen molar-refractivity contribution in [3.05, 3.63) is 35.9 Å². The van der Waals surface area contributed by atoms with Crippen molar-refractivity contribution in [2.75, 3.05) is 33.9 Å². The molecule has 1 aliphatic rings. The Hall–Kier alpha value is -1.92. The first-order valence-corrected chi connectivity index (χ1v) is 8.32. The third-order valence-corrected chi connectivity index (χ3v) is 4.40. The molecule has 0 aromatic heterocycles. The summed E-state index contributed by atoms with van der Waals surface area (Å²) in [7, 11) is 2.82. The van der Waals surface area contributed by atoms with Crippen molar-refractivity contribution in [1.29, 1.82) is 0 Å². The van der Waals surface area contributed by atoms with Crippen molar-refractivity contribution < 1.29 is 19.1 Å². The van der Waals surface area contributed by atoms with Gasteiger partial charge in [0.1, 0.15) is 12.1 Å². The van der Waals surface area contributed by atoms with Crippen LogP contribution in [0.15, 0.2) is 30.3 Å². The lowest BCUT2D eigenvalue weighted by atomic mass is 10.1. The van der Waals surface area contributed by atoms with E-state index in [1.165, 1.54) is 14.2 Å². The molecule has 0 radical (unpaired) electrons. The summed E-state index contributed by atoms with van der Waals surface area (Å²) in [6.07, 6.45) is 2.40. The molecule has 0 spiro atoms. The molecule has 1 fully saturated rings. The molecule has 24 heavy (non-hydrogen) atoms. The minimum atomic E-state index is -0.392. The lowest BCUT2D eigenvalue weighted by Gasteiger charge is -2.24. The molecular formula is C18H26N2O4. The molecule has 2 atom stereocenters. The smallest absolute Gasteiger partial charge is 0.323 e. The van der Waals surface area contributed by atoms with Crippen LogP contribution in [0.25, 0.3) is 0 Å². The Kier molecular flexibility index (Phi) is 7.21. The van der Waals surface area contributed by atoms with Gasteiger partial charge >= 0.3 is 11.9 Å². The second-order valence-corrected chi connectivity index (χ2v) is 5.94. The van der Waals surface area contributed by atoms with E-state index in [1.54, 1.807) is 0 Å². The number of likely N-dealkylation sites (tertiary alicyclic amines) is 1. The van der Waals surface area contributed by atoms with E-state index < -0.39 is 6.04 Å². The van der Waals surface area contributed by atoms with Gasteiger partial charge in [0.25, 0.3) is 0 Å². The van der Waals surface area contributed by atoms with Crippen molar-refractivity contribution in [3.63, 3.8) is 0 Å². The van der Waals surface area contributed by atoms with Crippen LogP contribution in [0, 0.1) is 0 Å². The number of carbonyl (C=O) groups excluding carboxylic acids is 2. The quantitative estimate of drug-likeness (QED) is 0.716. The molecule has 1 aliphatic heterocycles. The van der Waals surface area contributed by atoms with Crippen LogP contribution >= 0.6 is 0 Å². The molecule has 0 amide bonds. The Balaban J connectivity index is 1.86. The number of nitrogens with one attached hydrogen (secondary N) is 1. The van der Waals surface area contributed by atoms with Crippen molar-refractivity contribution >= 4 is 11.9 Å². The number of carbonyl (C=O) groups is 2. The molecule has 0 unspecified atom stereocenters. The number of benzene rings is 1. The van der Waals surface area contributed by atoms with E-state index in [2.05, 4.69) is 10.2 Å². The van der Waals surface area contributed by atoms with Crippen molar-refractivity contribution in [2.45, 2.75) is 31.3 Å². The molecule has 132 valence electrons. The minimum Gasteiger partial charge on any atom is -0.468 e. The van der Waals surface area contributed by atoms with Gasteiger partial charge in [0.15, 0.2) is 0 Å². The number of esters is 2. The largest absolute Gasteiger partial charge is 0.468 e. The van der Waals surface area contributed by atoms with Gasteiger partial charge in [-0.25, -0.2) is 0 Å². The molecular weight excluding hydrogens is 308 g/mol. The normalized spacial score (nSPS) is 19.0. The molecule has 1 N–H and O–H groups in total. The SMILES string of the molecule is COC(=O)[C@H](Cc1ccccc1)NCCN1CCC[C@H]1C(=O)OC. The van der Waals surface area contributed by atoms with Gasteiger partial charge in [-0.15, -0.1) is 0 Å². The van der Waals surface area contributed by atoms with Crippen molar-refractivity contribution in [2.24, 2.45) is 0 Å². The molecule has 6 heteroatoms. The van der Waals surface area contributed by atoms with E-state index in [0.717, 1.165) is 24.9 Å². The molecule has 1 saturated heterocycles. The van der Waals surface area contributed by atoms with E-state index >= 15 is 0 Å². The Bertz CT molecular complexity index is 535. The molecule has 0 aliphatic carbocycles. The van der Waals surface area contributed by atoms with Gasteiger partial charge in [0.2, 0.25) is 0 Å². The lowest BCUT2D eigenvalue weighted by Crippen LogP contribution is -2.45. The van der Waals surface area contributed by atoms with Crippen LogP contribution in [0.2, 0.25) is 0 Å². The molecule has 0 saturated carbocycles. The zero-order valence-corrected chi connectivity index (χ0v) is 14.4. The highest BCUT2D eigenvalue weighted by atomic mass is 16.5. The van der Waals surface area contributed by atoms with Crippen molar-refractivity contribution in [1.82, 2.24) is 10.2 Å². The molecule has 0 bridgehead atoms. The van der Waals surface area contributed by atoms with E-state index in [1.807, 2.05) is 30.3 Å². The van der Waals surface area contributed by atoms with Crippen LogP contribution in [0.5, 0.6) is 0 Å². The maximum atomic E-state index is 12.0. The van der Waals surface area contributed by atoms with Gasteiger partial charge in [-0.05, 0) is 31.4 Å². The molecule has 1 aromatic carbocycles. The zero-order valence-electron chi connectivity index (χ0n) is 14.4. The fourth-order valence-corrected chi connectivity index (χ4v) is 3.11. The van der Waals surface area contributed by atoms with Crippen LogP contribution in [0.3, 0.4) is 0 Å². The third kappa shape index (κ3) is 5.04. The van der Waals surface area contributed by atoms with Gasteiger partial charge in [0, 0.05) is 13.1 Å². The second kappa shape index (κ2) is 9.39. The van der Waals surface area contributed by atoms with Gasteiger partial charge in [-0.1, -0.05) is 30.3 Å². The van der Waals surface area contributed by atoms with Gasteiger partial charge in [0.05, 0.1) is 14.2 Å². The first kappa shape index (κ1) is 18.4. The Morgan fingerprint density at radius 3 is 2.67 bits per heavy atom. The Morgan fingerprint density at radius 1 is 1.25 bits per heavy atom. The van der Waals surface area contributed by atoms with E-state index in [0.29, 0.717) is 19.5 Å². The van der Waals surface area contributed by atoms with Crippen LogP contribution in [0.4, 0.5) is 0 Å². The number of hydrogen-bond acceptors (Lipinski definition) is 6. The summed E-state index contributed by atoms with van der Waals surface area (Å²) in [5, 5.41) is 3.25. The van der Waals surface area contributed by atoms with Gasteiger partial charge in [-0.3, -0.25) is 14.5 Å². The summed E-state index contributed by atoms with van der Waals surface area (Å²) < 4.78 is 9.75. The molecule has 2 rings (SSSR count). The molecule has 6 nitrogen and oxygen atoms in total. The summed E-state index contributed by atoms with van der Waals surface area (Å²) >= 11 is 0. The number of rotatable bonds is 8.